The van der Waals surface area contributed by atoms with Crippen molar-refractivity contribution in [3.8, 4) is 17.2 Å². The second-order valence-electron chi connectivity index (χ2n) is 7.86. The van der Waals surface area contributed by atoms with E-state index in [1.807, 2.05) is 66.7 Å². The highest BCUT2D eigenvalue weighted by atomic mass is 16.6. The van der Waals surface area contributed by atoms with Crippen LogP contribution in [0.3, 0.4) is 0 Å². The molecule has 1 aromatic heterocycles. The maximum Gasteiger partial charge on any atom is 0.279 e. The molecule has 0 saturated carbocycles. The smallest absolute Gasteiger partial charge is 0.279 e. The predicted molar refractivity (Wildman–Crippen MR) is 134 cm³/mol. The standard InChI is InChI=1S/C28H23N3O4/c32-27-16-14-24(29-31(27)22-11-5-2-6-12-22)28(33)30(17-7-10-21-8-3-1-4-9-21)23-13-15-25-26(20-23)35-19-18-34-25/h1-16,20H,17-19H2/b10-7+. The van der Waals surface area contributed by atoms with Crippen molar-refractivity contribution in [1.82, 2.24) is 9.78 Å². The minimum atomic E-state index is -0.343. The summed E-state index contributed by atoms with van der Waals surface area (Å²) in [5, 5.41) is 4.38. The quantitative estimate of drug-likeness (QED) is 0.423. The van der Waals surface area contributed by atoms with Gasteiger partial charge >= 0.3 is 0 Å². The number of anilines is 1. The summed E-state index contributed by atoms with van der Waals surface area (Å²) >= 11 is 0. The number of fused-ring (bicyclic) bond motifs is 1. The Balaban J connectivity index is 1.50. The van der Waals surface area contributed by atoms with Crippen LogP contribution in [0.15, 0.2) is 102 Å². The zero-order valence-corrected chi connectivity index (χ0v) is 18.9. The number of nitrogens with zero attached hydrogens (tertiary/aromatic N) is 3. The number of benzene rings is 3. The van der Waals surface area contributed by atoms with Gasteiger partial charge in [-0.1, -0.05) is 60.7 Å². The molecule has 0 unspecified atom stereocenters. The molecule has 1 amide bonds. The Morgan fingerprint density at radius 1 is 0.886 bits per heavy atom. The first-order valence-electron chi connectivity index (χ1n) is 11.3. The van der Waals surface area contributed by atoms with Gasteiger partial charge in [-0.25, -0.2) is 0 Å². The van der Waals surface area contributed by atoms with Gasteiger partial charge in [0.2, 0.25) is 0 Å². The van der Waals surface area contributed by atoms with E-state index >= 15 is 0 Å². The Bertz CT molecular complexity index is 1420. The molecule has 0 fully saturated rings. The molecule has 1 aliphatic rings. The first kappa shape index (κ1) is 22.2. The normalized spacial score (nSPS) is 12.5. The van der Waals surface area contributed by atoms with Crippen LogP contribution >= 0.6 is 0 Å². The monoisotopic (exact) mass is 465 g/mol. The van der Waals surface area contributed by atoms with E-state index in [4.69, 9.17) is 9.47 Å². The topological polar surface area (TPSA) is 73.7 Å². The number of para-hydroxylation sites is 1. The van der Waals surface area contributed by atoms with E-state index in [0.29, 0.717) is 42.6 Å². The molecule has 0 spiro atoms. The zero-order chi connectivity index (χ0) is 24.0. The second-order valence-corrected chi connectivity index (χ2v) is 7.86. The molecule has 7 heteroatoms. The van der Waals surface area contributed by atoms with Gasteiger partial charge in [0.15, 0.2) is 11.5 Å². The highest BCUT2D eigenvalue weighted by molar-refractivity contribution is 6.05. The Kier molecular flexibility index (Phi) is 6.39. The van der Waals surface area contributed by atoms with Crippen LogP contribution in [0.2, 0.25) is 0 Å². The number of amides is 1. The molecule has 1 aliphatic heterocycles. The van der Waals surface area contributed by atoms with E-state index < -0.39 is 0 Å². The Hall–Kier alpha value is -4.65. The van der Waals surface area contributed by atoms with E-state index in [9.17, 15) is 9.59 Å². The fourth-order valence-corrected chi connectivity index (χ4v) is 3.78. The van der Waals surface area contributed by atoms with E-state index in [1.54, 1.807) is 29.2 Å². The molecule has 0 radical (unpaired) electrons. The van der Waals surface area contributed by atoms with Crippen molar-refractivity contribution in [3.05, 3.63) is 119 Å². The number of hydrogen-bond acceptors (Lipinski definition) is 5. The highest BCUT2D eigenvalue weighted by Gasteiger charge is 2.22. The molecule has 0 bridgehead atoms. The highest BCUT2D eigenvalue weighted by Crippen LogP contribution is 2.34. The molecule has 0 atom stereocenters. The number of carbonyl (C=O) groups excluding carboxylic acids is 1. The van der Waals surface area contributed by atoms with Crippen molar-refractivity contribution >= 4 is 17.7 Å². The Morgan fingerprint density at radius 2 is 1.60 bits per heavy atom. The average molecular weight is 466 g/mol. The van der Waals surface area contributed by atoms with Gasteiger partial charge in [-0.05, 0) is 35.9 Å². The summed E-state index contributed by atoms with van der Waals surface area (Å²) in [6, 6.07) is 27.1. The first-order chi connectivity index (χ1) is 17.2. The second kappa shape index (κ2) is 10.1. The molecule has 7 nitrogen and oxygen atoms in total. The fourth-order valence-electron chi connectivity index (χ4n) is 3.78. The maximum absolute atomic E-state index is 13.7. The lowest BCUT2D eigenvalue weighted by atomic mass is 10.2. The van der Waals surface area contributed by atoms with Crippen LogP contribution in [-0.4, -0.2) is 35.4 Å². The van der Waals surface area contributed by atoms with E-state index in [2.05, 4.69) is 5.10 Å². The summed E-state index contributed by atoms with van der Waals surface area (Å²) in [6.45, 7) is 1.22. The fraction of sp³-hybridized carbons (Fsp3) is 0.107. The van der Waals surface area contributed by atoms with Gasteiger partial charge in [0.05, 0.1) is 5.69 Å². The molecular formula is C28H23N3O4. The predicted octanol–water partition coefficient (Wildman–Crippen LogP) is 4.36. The van der Waals surface area contributed by atoms with Crippen molar-refractivity contribution in [2.24, 2.45) is 0 Å². The van der Waals surface area contributed by atoms with E-state index in [0.717, 1.165) is 5.56 Å². The molecule has 3 aromatic carbocycles. The van der Waals surface area contributed by atoms with Gasteiger partial charge in [-0.3, -0.25) is 9.59 Å². The van der Waals surface area contributed by atoms with Crippen molar-refractivity contribution in [2.45, 2.75) is 0 Å². The molecule has 35 heavy (non-hydrogen) atoms. The zero-order valence-electron chi connectivity index (χ0n) is 18.9. The molecule has 0 N–H and O–H groups in total. The molecule has 4 aromatic rings. The Morgan fingerprint density at radius 3 is 2.37 bits per heavy atom. The summed E-state index contributed by atoms with van der Waals surface area (Å²) in [5.74, 6) is 0.882. The van der Waals surface area contributed by atoms with Gasteiger partial charge in [0.25, 0.3) is 11.5 Å². The number of aromatic nitrogens is 2. The van der Waals surface area contributed by atoms with Crippen molar-refractivity contribution < 1.29 is 14.3 Å². The average Bonchev–Trinajstić information content (AvgIpc) is 2.92. The number of carbonyl (C=O) groups is 1. The van der Waals surface area contributed by atoms with Crippen LogP contribution in [0.25, 0.3) is 11.8 Å². The van der Waals surface area contributed by atoms with Crippen molar-refractivity contribution in [1.29, 1.82) is 0 Å². The third-order valence-corrected chi connectivity index (χ3v) is 5.50. The van der Waals surface area contributed by atoms with E-state index in [1.165, 1.54) is 16.8 Å². The van der Waals surface area contributed by atoms with Crippen LogP contribution in [0.4, 0.5) is 5.69 Å². The lowest BCUT2D eigenvalue weighted by molar-refractivity contribution is 0.0983. The lowest BCUT2D eigenvalue weighted by Gasteiger charge is -2.24. The maximum atomic E-state index is 13.7. The number of rotatable bonds is 6. The van der Waals surface area contributed by atoms with E-state index in [-0.39, 0.29) is 17.2 Å². The summed E-state index contributed by atoms with van der Waals surface area (Å²) in [5.41, 5.74) is 2.08. The summed E-state index contributed by atoms with van der Waals surface area (Å²) in [7, 11) is 0. The largest absolute Gasteiger partial charge is 0.486 e. The van der Waals surface area contributed by atoms with Gasteiger partial charge in [0, 0.05) is 24.4 Å². The number of hydrogen-bond donors (Lipinski definition) is 0. The number of ether oxygens (including phenoxy) is 2. The molecule has 174 valence electrons. The summed E-state index contributed by atoms with van der Waals surface area (Å²) in [6.07, 6.45) is 3.87. The van der Waals surface area contributed by atoms with Gasteiger partial charge < -0.3 is 14.4 Å². The molecule has 0 saturated heterocycles. The SMILES string of the molecule is O=C(c1ccc(=O)n(-c2ccccc2)n1)N(C/C=C/c1ccccc1)c1ccc2c(c1)OCCO2. The van der Waals surface area contributed by atoms with Gasteiger partial charge in [0.1, 0.15) is 18.9 Å². The molecular weight excluding hydrogens is 442 g/mol. The minimum absolute atomic E-state index is 0.149. The molecule has 2 heterocycles. The van der Waals surface area contributed by atoms with Crippen molar-refractivity contribution in [2.75, 3.05) is 24.7 Å². The first-order valence-corrected chi connectivity index (χ1v) is 11.3. The summed E-state index contributed by atoms with van der Waals surface area (Å²) in [4.78, 5) is 27.7. The van der Waals surface area contributed by atoms with Gasteiger partial charge in [-0.15, -0.1) is 0 Å². The van der Waals surface area contributed by atoms with Crippen LogP contribution in [0.5, 0.6) is 11.5 Å². The van der Waals surface area contributed by atoms with Crippen LogP contribution < -0.4 is 19.9 Å². The third kappa shape index (κ3) is 4.99. The summed E-state index contributed by atoms with van der Waals surface area (Å²) < 4.78 is 12.6. The van der Waals surface area contributed by atoms with Crippen LogP contribution in [0, 0.1) is 0 Å². The third-order valence-electron chi connectivity index (χ3n) is 5.50. The van der Waals surface area contributed by atoms with Crippen molar-refractivity contribution in [3.63, 3.8) is 0 Å². The Labute approximate surface area is 202 Å². The minimum Gasteiger partial charge on any atom is -0.486 e. The lowest BCUT2D eigenvalue weighted by Crippen LogP contribution is -2.34. The van der Waals surface area contributed by atoms with Gasteiger partial charge in [-0.2, -0.15) is 9.78 Å². The molecule has 5 rings (SSSR count). The molecule has 0 aliphatic carbocycles. The van der Waals surface area contributed by atoms with Crippen LogP contribution in [0.1, 0.15) is 16.1 Å². The van der Waals surface area contributed by atoms with Crippen LogP contribution in [-0.2, 0) is 0 Å².